The molecule has 0 aromatic heterocycles. The Hall–Kier alpha value is -3.00. The van der Waals surface area contributed by atoms with Crippen molar-refractivity contribution in [2.24, 2.45) is 11.5 Å². The zero-order valence-corrected chi connectivity index (χ0v) is 30.4. The molecule has 284 valence electrons. The number of carbonyl (C=O) groups is 4. The zero-order valence-electron chi connectivity index (χ0n) is 30.4. The number of amides is 4. The van der Waals surface area contributed by atoms with Crippen LogP contribution in [0.5, 0.6) is 0 Å². The predicted octanol–water partition coefficient (Wildman–Crippen LogP) is 4.96. The fourth-order valence-corrected chi connectivity index (χ4v) is 8.14. The van der Waals surface area contributed by atoms with Gasteiger partial charge in [-0.25, -0.2) is 19.2 Å². The Balaban J connectivity index is 0.933. The molecular weight excluding hydrogens is 644 g/mol. The van der Waals surface area contributed by atoms with E-state index in [0.717, 1.165) is 89.9 Å². The van der Waals surface area contributed by atoms with Gasteiger partial charge in [0.25, 0.3) is 0 Å². The van der Waals surface area contributed by atoms with Gasteiger partial charge in [-0.05, 0) is 89.9 Å². The number of carbonyl (C=O) groups excluding carboxylic acids is 4. The Labute approximate surface area is 297 Å². The summed E-state index contributed by atoms with van der Waals surface area (Å²) >= 11 is 0. The highest BCUT2D eigenvalue weighted by Crippen LogP contribution is 2.27. The van der Waals surface area contributed by atoms with Crippen LogP contribution in [0.25, 0.3) is 0 Å². The van der Waals surface area contributed by atoms with Crippen molar-refractivity contribution in [2.45, 2.75) is 164 Å². The lowest BCUT2D eigenvalue weighted by atomic mass is 9.91. The summed E-state index contributed by atoms with van der Waals surface area (Å²) in [6, 6.07) is 0.798. The van der Waals surface area contributed by atoms with Gasteiger partial charge in [0.1, 0.15) is 24.4 Å². The van der Waals surface area contributed by atoms with Crippen LogP contribution < -0.4 is 11.5 Å². The normalized spacial score (nSPS) is 30.3. The van der Waals surface area contributed by atoms with E-state index in [-0.39, 0.29) is 73.0 Å². The van der Waals surface area contributed by atoms with Crippen LogP contribution in [0, 0.1) is 0 Å². The molecule has 3 saturated carbocycles. The monoisotopic (exact) mass is 706 g/mol. The minimum atomic E-state index is -0.307. The minimum absolute atomic E-state index is 0.163. The Bertz CT molecular complexity index is 1020. The van der Waals surface area contributed by atoms with Crippen LogP contribution in [0.2, 0.25) is 0 Å². The van der Waals surface area contributed by atoms with Crippen LogP contribution in [0.4, 0.5) is 19.2 Å². The molecule has 0 aromatic carbocycles. The van der Waals surface area contributed by atoms with Crippen molar-refractivity contribution in [3.8, 4) is 0 Å². The summed E-state index contributed by atoms with van der Waals surface area (Å²) in [5.74, 6) is 0. The van der Waals surface area contributed by atoms with Gasteiger partial charge in [-0.1, -0.05) is 0 Å². The molecule has 2 saturated heterocycles. The summed E-state index contributed by atoms with van der Waals surface area (Å²) in [6.07, 6.45) is 12.3. The summed E-state index contributed by atoms with van der Waals surface area (Å²) in [6.45, 7) is 1.99. The Morgan fingerprint density at radius 1 is 0.460 bits per heavy atom. The van der Waals surface area contributed by atoms with Crippen molar-refractivity contribution in [2.75, 3.05) is 40.3 Å². The number of nitrogens with two attached hydrogens (primary N) is 2. The van der Waals surface area contributed by atoms with Crippen LogP contribution in [0.1, 0.15) is 116 Å². The second-order valence-electron chi connectivity index (χ2n) is 15.4. The van der Waals surface area contributed by atoms with Gasteiger partial charge in [0.15, 0.2) is 0 Å². The van der Waals surface area contributed by atoms with Gasteiger partial charge < -0.3 is 50.0 Å². The van der Waals surface area contributed by atoms with E-state index in [4.69, 9.17) is 30.4 Å². The Morgan fingerprint density at radius 2 is 0.760 bits per heavy atom. The number of likely N-dealkylation sites (tertiary alicyclic amines) is 2. The first-order chi connectivity index (χ1) is 24.0. The van der Waals surface area contributed by atoms with Gasteiger partial charge in [-0.3, -0.25) is 0 Å². The molecule has 2 aliphatic heterocycles. The fraction of sp³-hybridized carbons (Fsp3) is 0.889. The molecule has 0 radical (unpaired) electrons. The van der Waals surface area contributed by atoms with E-state index >= 15 is 0 Å². The average molecular weight is 707 g/mol. The third-order valence-electron chi connectivity index (χ3n) is 11.7. The maximum atomic E-state index is 13.0. The van der Waals surface area contributed by atoms with E-state index in [1.54, 1.807) is 33.7 Å². The van der Waals surface area contributed by atoms with Crippen molar-refractivity contribution >= 4 is 24.4 Å². The molecule has 0 unspecified atom stereocenters. The van der Waals surface area contributed by atoms with Crippen molar-refractivity contribution < 1.29 is 38.1 Å². The molecule has 50 heavy (non-hydrogen) atoms. The van der Waals surface area contributed by atoms with Gasteiger partial charge in [0, 0.05) is 90.1 Å². The first-order valence-corrected chi connectivity index (χ1v) is 19.3. The van der Waals surface area contributed by atoms with E-state index in [2.05, 4.69) is 0 Å². The first kappa shape index (κ1) is 38.2. The predicted molar refractivity (Wildman–Crippen MR) is 186 cm³/mol. The second kappa shape index (κ2) is 18.5. The van der Waals surface area contributed by atoms with Crippen LogP contribution in [-0.4, -0.2) is 133 Å². The average Bonchev–Trinajstić information content (AvgIpc) is 3.10. The summed E-state index contributed by atoms with van der Waals surface area (Å²) in [4.78, 5) is 58.3. The minimum Gasteiger partial charge on any atom is -0.446 e. The van der Waals surface area contributed by atoms with Gasteiger partial charge >= 0.3 is 24.4 Å². The highest BCUT2D eigenvalue weighted by atomic mass is 16.6. The third-order valence-corrected chi connectivity index (χ3v) is 11.7. The maximum absolute atomic E-state index is 13.0. The van der Waals surface area contributed by atoms with Gasteiger partial charge in [-0.15, -0.1) is 0 Å². The molecule has 3 aliphatic carbocycles. The van der Waals surface area contributed by atoms with Crippen LogP contribution >= 0.6 is 0 Å². The molecule has 0 spiro atoms. The smallest absolute Gasteiger partial charge is 0.410 e. The summed E-state index contributed by atoms with van der Waals surface area (Å²) < 4.78 is 23.4. The Morgan fingerprint density at radius 3 is 1.08 bits per heavy atom. The fourth-order valence-electron chi connectivity index (χ4n) is 8.14. The molecule has 0 atom stereocenters. The van der Waals surface area contributed by atoms with Crippen LogP contribution in [-0.2, 0) is 18.9 Å². The maximum Gasteiger partial charge on any atom is 0.410 e. The lowest BCUT2D eigenvalue weighted by Crippen LogP contribution is -2.46. The van der Waals surface area contributed by atoms with E-state index in [9.17, 15) is 19.2 Å². The first-order valence-electron chi connectivity index (χ1n) is 19.3. The molecule has 14 heteroatoms. The number of ether oxygens (including phenoxy) is 4. The summed E-state index contributed by atoms with van der Waals surface area (Å²) in [5.41, 5.74) is 12.0. The standard InChI is InChI=1S/C36H62N6O8/c1-39(27-13-9-25(37)10-14-27)33(43)47-31-17-21-41(22-18-31)35(45)49-29-5-3-7-30(8-4-6-29)50-36(46)42-23-19-32(20-24-42)48-34(44)40(2)28-15-11-26(38)12-16-28/h25-32H,3-24,37-38H2,1-2H3/t25-,26-,27-,28-,29-,30+. The van der Waals surface area contributed by atoms with Crippen molar-refractivity contribution in [3.05, 3.63) is 0 Å². The lowest BCUT2D eigenvalue weighted by molar-refractivity contribution is 0.00225. The van der Waals surface area contributed by atoms with Crippen molar-refractivity contribution in [1.82, 2.24) is 19.6 Å². The summed E-state index contributed by atoms with van der Waals surface area (Å²) in [7, 11) is 3.61. The van der Waals surface area contributed by atoms with E-state index in [0.29, 0.717) is 51.9 Å². The number of nitrogens with zero attached hydrogens (tertiary/aromatic N) is 4. The zero-order chi connectivity index (χ0) is 35.6. The van der Waals surface area contributed by atoms with Crippen molar-refractivity contribution in [3.63, 3.8) is 0 Å². The van der Waals surface area contributed by atoms with Gasteiger partial charge in [0.2, 0.25) is 0 Å². The van der Waals surface area contributed by atoms with E-state index in [1.807, 2.05) is 0 Å². The molecule has 5 rings (SSSR count). The number of piperidine rings is 2. The molecule has 0 bridgehead atoms. The highest BCUT2D eigenvalue weighted by molar-refractivity contribution is 5.70. The topological polar surface area (TPSA) is 170 Å². The molecule has 5 aliphatic rings. The van der Waals surface area contributed by atoms with Crippen LogP contribution in [0.3, 0.4) is 0 Å². The molecule has 4 N–H and O–H groups in total. The third kappa shape index (κ3) is 11.0. The summed E-state index contributed by atoms with van der Waals surface area (Å²) in [5, 5.41) is 0. The molecule has 5 fully saturated rings. The number of hydrogen-bond acceptors (Lipinski definition) is 10. The highest BCUT2D eigenvalue weighted by Gasteiger charge is 2.33. The molecule has 0 aromatic rings. The number of rotatable bonds is 6. The van der Waals surface area contributed by atoms with Gasteiger partial charge in [-0.2, -0.15) is 0 Å². The van der Waals surface area contributed by atoms with E-state index in [1.165, 1.54) is 0 Å². The molecule has 14 nitrogen and oxygen atoms in total. The quantitative estimate of drug-likeness (QED) is 0.360. The molecular formula is C36H62N6O8. The number of hydrogen-bond donors (Lipinski definition) is 2. The largest absolute Gasteiger partial charge is 0.446 e. The van der Waals surface area contributed by atoms with Gasteiger partial charge in [0.05, 0.1) is 0 Å². The lowest BCUT2D eigenvalue weighted by Gasteiger charge is -2.36. The molecule has 2 heterocycles. The SMILES string of the molecule is CN(C(=O)OC1CCN(C(=O)O[C@H]2CCC[C@@H](OC(=O)N3CCC(OC(=O)N(C)[C@H]4CC[C@H](N)CC4)CC3)CCC2)CC1)[C@H]1CC[C@H](N)CC1. The molecule has 4 amide bonds. The van der Waals surface area contributed by atoms with Crippen molar-refractivity contribution in [1.29, 1.82) is 0 Å². The Kier molecular flexibility index (Phi) is 14.1. The second-order valence-corrected chi connectivity index (χ2v) is 15.4. The van der Waals surface area contributed by atoms with Crippen LogP contribution in [0.15, 0.2) is 0 Å². The van der Waals surface area contributed by atoms with E-state index < -0.39 is 0 Å².